The van der Waals surface area contributed by atoms with Gasteiger partial charge in [0.15, 0.2) is 5.78 Å². The molecule has 0 saturated heterocycles. The molecule has 0 aliphatic heterocycles. The lowest BCUT2D eigenvalue weighted by atomic mass is 9.92. The van der Waals surface area contributed by atoms with Crippen molar-refractivity contribution in [3.05, 3.63) is 70.2 Å². The van der Waals surface area contributed by atoms with Gasteiger partial charge in [-0.25, -0.2) is 0 Å². The summed E-state index contributed by atoms with van der Waals surface area (Å²) in [5, 5.41) is 9.86. The molecule has 1 unspecified atom stereocenters. The van der Waals surface area contributed by atoms with E-state index in [9.17, 15) is 10.1 Å². The molecule has 0 spiro atoms. The van der Waals surface area contributed by atoms with Crippen molar-refractivity contribution in [2.45, 2.75) is 25.7 Å². The van der Waals surface area contributed by atoms with E-state index >= 15 is 0 Å². The minimum absolute atomic E-state index is 0.0543. The van der Waals surface area contributed by atoms with E-state index < -0.39 is 5.92 Å². The molecule has 0 aliphatic rings. The Morgan fingerprint density at radius 3 is 2.57 bits per heavy atom. The molecule has 0 heterocycles. The van der Waals surface area contributed by atoms with Crippen LogP contribution >= 0.6 is 11.6 Å². The normalized spacial score (nSPS) is 11.7. The fraction of sp³-hybridized carbons (Fsp3) is 0.222. The lowest BCUT2D eigenvalue weighted by molar-refractivity contribution is -0.119. The molecule has 2 aromatic rings. The zero-order chi connectivity index (χ0) is 15.2. The predicted octanol–water partition coefficient (Wildman–Crippen LogP) is 4.46. The van der Waals surface area contributed by atoms with Crippen LogP contribution in [0.15, 0.2) is 48.5 Å². The molecule has 2 nitrogen and oxygen atoms in total. The first-order valence-corrected chi connectivity index (χ1v) is 7.21. The number of nitrogens with zero attached hydrogens (tertiary/aromatic N) is 1. The van der Waals surface area contributed by atoms with Crippen molar-refractivity contribution in [1.82, 2.24) is 0 Å². The van der Waals surface area contributed by atoms with Crippen molar-refractivity contribution < 1.29 is 4.79 Å². The Balaban J connectivity index is 2.04. The Morgan fingerprint density at radius 2 is 1.95 bits per heavy atom. The van der Waals surface area contributed by atoms with Gasteiger partial charge < -0.3 is 0 Å². The van der Waals surface area contributed by atoms with Crippen LogP contribution in [0.3, 0.4) is 0 Å². The van der Waals surface area contributed by atoms with Crippen molar-refractivity contribution in [1.29, 1.82) is 5.26 Å². The molecule has 2 aromatic carbocycles. The summed E-state index contributed by atoms with van der Waals surface area (Å²) in [5.74, 6) is -0.770. The maximum absolute atomic E-state index is 12.3. The number of hydrogen-bond donors (Lipinski definition) is 0. The van der Waals surface area contributed by atoms with Gasteiger partial charge in [-0.1, -0.05) is 53.6 Å². The van der Waals surface area contributed by atoms with Gasteiger partial charge >= 0.3 is 0 Å². The average molecular weight is 298 g/mol. The van der Waals surface area contributed by atoms with E-state index in [4.69, 9.17) is 11.6 Å². The van der Waals surface area contributed by atoms with E-state index in [1.54, 1.807) is 24.3 Å². The van der Waals surface area contributed by atoms with Gasteiger partial charge in [0.2, 0.25) is 0 Å². The third-order valence-electron chi connectivity index (χ3n) is 3.40. The Bertz CT molecular complexity index is 670. The fourth-order valence-corrected chi connectivity index (χ4v) is 2.39. The van der Waals surface area contributed by atoms with Crippen molar-refractivity contribution >= 4 is 17.4 Å². The second-order valence-corrected chi connectivity index (χ2v) is 5.51. The van der Waals surface area contributed by atoms with Crippen LogP contribution in [0.1, 0.15) is 29.0 Å². The molecular weight excluding hydrogens is 282 g/mol. The molecular formula is C18H16ClNO. The Morgan fingerprint density at radius 1 is 1.24 bits per heavy atom. The second-order valence-electron chi connectivity index (χ2n) is 5.07. The lowest BCUT2D eigenvalue weighted by Crippen LogP contribution is -2.11. The number of carbonyl (C=O) groups excluding carboxylic acids is 1. The predicted molar refractivity (Wildman–Crippen MR) is 84.3 cm³/mol. The molecule has 0 aromatic heterocycles. The standard InChI is InChI=1S/C18H16ClNO/c1-13-3-2-4-14(11-13)5-10-18(21)17(12-20)15-6-8-16(19)9-7-15/h2-4,6-9,11,17H,5,10H2,1H3. The van der Waals surface area contributed by atoms with Crippen molar-refractivity contribution in [2.75, 3.05) is 0 Å². The minimum Gasteiger partial charge on any atom is -0.298 e. The largest absolute Gasteiger partial charge is 0.298 e. The maximum atomic E-state index is 12.3. The summed E-state index contributed by atoms with van der Waals surface area (Å²) in [7, 11) is 0. The molecule has 106 valence electrons. The first-order chi connectivity index (χ1) is 10.1. The highest BCUT2D eigenvalue weighted by Crippen LogP contribution is 2.21. The highest BCUT2D eigenvalue weighted by molar-refractivity contribution is 6.30. The van der Waals surface area contributed by atoms with Crippen LogP contribution in [-0.4, -0.2) is 5.78 Å². The molecule has 0 bridgehead atoms. The Labute approximate surface area is 130 Å². The first kappa shape index (κ1) is 15.3. The smallest absolute Gasteiger partial charge is 0.154 e. The minimum atomic E-state index is -0.716. The summed E-state index contributed by atoms with van der Waals surface area (Å²) < 4.78 is 0. The Hall–Kier alpha value is -2.11. The topological polar surface area (TPSA) is 40.9 Å². The zero-order valence-electron chi connectivity index (χ0n) is 11.8. The lowest BCUT2D eigenvalue weighted by Gasteiger charge is -2.09. The van der Waals surface area contributed by atoms with Crippen LogP contribution in [0.4, 0.5) is 0 Å². The first-order valence-electron chi connectivity index (χ1n) is 6.83. The van der Waals surface area contributed by atoms with E-state index in [0.717, 1.165) is 5.56 Å². The number of benzene rings is 2. The zero-order valence-corrected chi connectivity index (χ0v) is 12.6. The highest BCUT2D eigenvalue weighted by atomic mass is 35.5. The SMILES string of the molecule is Cc1cccc(CCC(=O)C(C#N)c2ccc(Cl)cc2)c1. The van der Waals surface area contributed by atoms with Crippen LogP contribution in [-0.2, 0) is 11.2 Å². The molecule has 21 heavy (non-hydrogen) atoms. The van der Waals surface area contributed by atoms with Gasteiger partial charge in [0.1, 0.15) is 5.92 Å². The van der Waals surface area contributed by atoms with E-state index in [1.165, 1.54) is 5.56 Å². The summed E-state index contributed by atoms with van der Waals surface area (Å²) in [6.45, 7) is 2.02. The van der Waals surface area contributed by atoms with Crippen LogP contribution in [0.5, 0.6) is 0 Å². The van der Waals surface area contributed by atoms with Crippen LogP contribution in [0.2, 0.25) is 5.02 Å². The summed E-state index contributed by atoms with van der Waals surface area (Å²) in [6.07, 6.45) is 1.02. The maximum Gasteiger partial charge on any atom is 0.154 e. The second kappa shape index (κ2) is 7.06. The van der Waals surface area contributed by atoms with Crippen LogP contribution < -0.4 is 0 Å². The quantitative estimate of drug-likeness (QED) is 0.817. The molecule has 0 amide bonds. The molecule has 2 rings (SSSR count). The van der Waals surface area contributed by atoms with E-state index in [-0.39, 0.29) is 5.78 Å². The monoisotopic (exact) mass is 297 g/mol. The van der Waals surface area contributed by atoms with Crippen molar-refractivity contribution in [3.63, 3.8) is 0 Å². The average Bonchev–Trinajstić information content (AvgIpc) is 2.48. The van der Waals surface area contributed by atoms with Gasteiger partial charge in [-0.05, 0) is 36.6 Å². The molecule has 0 saturated carbocycles. The number of carbonyl (C=O) groups is 1. The summed E-state index contributed by atoms with van der Waals surface area (Å²) in [4.78, 5) is 12.3. The van der Waals surface area contributed by atoms with Crippen molar-refractivity contribution in [3.8, 4) is 6.07 Å². The molecule has 3 heteroatoms. The number of rotatable bonds is 5. The van der Waals surface area contributed by atoms with Gasteiger partial charge in [-0.2, -0.15) is 5.26 Å². The number of Topliss-reactive ketones (excluding diaryl/α,β-unsaturated/α-hetero) is 1. The van der Waals surface area contributed by atoms with Crippen molar-refractivity contribution in [2.24, 2.45) is 0 Å². The van der Waals surface area contributed by atoms with E-state index in [2.05, 4.69) is 12.1 Å². The number of halogens is 1. The van der Waals surface area contributed by atoms with Gasteiger partial charge in [0, 0.05) is 11.4 Å². The van der Waals surface area contributed by atoms with Gasteiger partial charge in [-0.15, -0.1) is 0 Å². The molecule has 0 fully saturated rings. The molecule has 0 aliphatic carbocycles. The van der Waals surface area contributed by atoms with E-state index in [0.29, 0.717) is 23.4 Å². The van der Waals surface area contributed by atoms with Gasteiger partial charge in [-0.3, -0.25) is 4.79 Å². The summed E-state index contributed by atoms with van der Waals surface area (Å²) in [6, 6.07) is 17.1. The fourth-order valence-electron chi connectivity index (χ4n) is 2.27. The molecule has 1 atom stereocenters. The number of nitriles is 1. The summed E-state index contributed by atoms with van der Waals surface area (Å²) >= 11 is 5.83. The van der Waals surface area contributed by atoms with Crippen LogP contribution in [0, 0.1) is 18.3 Å². The van der Waals surface area contributed by atoms with Crippen LogP contribution in [0.25, 0.3) is 0 Å². The summed E-state index contributed by atoms with van der Waals surface area (Å²) in [5.41, 5.74) is 3.00. The van der Waals surface area contributed by atoms with Gasteiger partial charge in [0.25, 0.3) is 0 Å². The third kappa shape index (κ3) is 4.18. The number of hydrogen-bond acceptors (Lipinski definition) is 2. The van der Waals surface area contributed by atoms with E-state index in [1.807, 2.05) is 25.1 Å². The highest BCUT2D eigenvalue weighted by Gasteiger charge is 2.19. The molecule has 0 N–H and O–H groups in total. The van der Waals surface area contributed by atoms with Gasteiger partial charge in [0.05, 0.1) is 6.07 Å². The third-order valence-corrected chi connectivity index (χ3v) is 3.65. The Kier molecular flexibility index (Phi) is 5.14. The number of aryl methyl sites for hydroxylation is 2. The molecule has 0 radical (unpaired) electrons. The number of ketones is 1.